The summed E-state index contributed by atoms with van der Waals surface area (Å²) >= 11 is 0. The van der Waals surface area contributed by atoms with Crippen molar-refractivity contribution in [2.75, 3.05) is 17.2 Å². The van der Waals surface area contributed by atoms with Crippen LogP contribution in [0, 0.1) is 12.7 Å². The van der Waals surface area contributed by atoms with Gasteiger partial charge in [0.1, 0.15) is 11.9 Å². The van der Waals surface area contributed by atoms with E-state index < -0.39 is 29.5 Å². The first-order valence-corrected chi connectivity index (χ1v) is 11.9. The second-order valence-electron chi connectivity index (χ2n) is 9.17. The number of alkyl halides is 3. The molecule has 0 radical (unpaired) electrons. The van der Waals surface area contributed by atoms with Crippen molar-refractivity contribution in [3.63, 3.8) is 0 Å². The van der Waals surface area contributed by atoms with Gasteiger partial charge in [-0.15, -0.1) is 0 Å². The Balaban J connectivity index is 1.44. The van der Waals surface area contributed by atoms with Gasteiger partial charge in [-0.05, 0) is 66.8 Å². The molecule has 37 heavy (non-hydrogen) atoms. The van der Waals surface area contributed by atoms with Crippen molar-refractivity contribution in [3.8, 4) is 0 Å². The van der Waals surface area contributed by atoms with Crippen molar-refractivity contribution in [2.45, 2.75) is 45.5 Å². The third kappa shape index (κ3) is 6.10. The van der Waals surface area contributed by atoms with Gasteiger partial charge in [0.05, 0.1) is 12.0 Å². The van der Waals surface area contributed by atoms with Gasteiger partial charge >= 0.3 is 6.18 Å². The summed E-state index contributed by atoms with van der Waals surface area (Å²) in [5, 5.41) is 6.06. The van der Waals surface area contributed by atoms with Gasteiger partial charge < -0.3 is 15.5 Å². The number of para-hydroxylation sites is 1. The van der Waals surface area contributed by atoms with Crippen LogP contribution >= 0.6 is 0 Å². The molecular weight excluding hydrogens is 486 g/mol. The fourth-order valence-corrected chi connectivity index (χ4v) is 4.52. The van der Waals surface area contributed by atoms with E-state index >= 15 is 0 Å². The minimum Gasteiger partial charge on any atom is -0.374 e. The van der Waals surface area contributed by atoms with E-state index in [1.807, 2.05) is 56.3 Å². The van der Waals surface area contributed by atoms with Gasteiger partial charge in [-0.3, -0.25) is 9.59 Å². The number of hydrogen-bond donors (Lipinski definition) is 2. The highest BCUT2D eigenvalue weighted by molar-refractivity contribution is 5.94. The van der Waals surface area contributed by atoms with Gasteiger partial charge in [0, 0.05) is 24.5 Å². The summed E-state index contributed by atoms with van der Waals surface area (Å²) in [4.78, 5) is 27.5. The lowest BCUT2D eigenvalue weighted by Crippen LogP contribution is -2.44. The number of carbonyl (C=O) groups excluding carboxylic acids is 2. The van der Waals surface area contributed by atoms with Crippen molar-refractivity contribution in [3.05, 3.63) is 94.3 Å². The number of carbonyl (C=O) groups is 2. The highest BCUT2D eigenvalue weighted by atomic mass is 19.4. The quantitative estimate of drug-likeness (QED) is 0.415. The lowest BCUT2D eigenvalue weighted by atomic mass is 9.94. The summed E-state index contributed by atoms with van der Waals surface area (Å²) in [7, 11) is 0. The zero-order valence-corrected chi connectivity index (χ0v) is 20.5. The van der Waals surface area contributed by atoms with Crippen molar-refractivity contribution in [2.24, 2.45) is 0 Å². The molecule has 0 saturated heterocycles. The van der Waals surface area contributed by atoms with E-state index in [1.54, 1.807) is 4.90 Å². The number of amides is 2. The third-order valence-electron chi connectivity index (χ3n) is 6.42. The zero-order valence-electron chi connectivity index (χ0n) is 20.5. The maximum atomic E-state index is 13.9. The highest BCUT2D eigenvalue weighted by Crippen LogP contribution is 2.32. The number of rotatable bonds is 6. The molecule has 0 aliphatic carbocycles. The van der Waals surface area contributed by atoms with Crippen LogP contribution in [0.3, 0.4) is 0 Å². The minimum atomic E-state index is -4.80. The SMILES string of the molecule is Cc1ccc2c(c1NC(=O)Cc1ccc(C(F)(F)F)c(F)c1)CCN(C(=O)C(C)Nc1ccccc1)C2. The Kier molecular flexibility index (Phi) is 7.52. The van der Waals surface area contributed by atoms with Crippen LogP contribution < -0.4 is 10.6 Å². The number of anilines is 2. The monoisotopic (exact) mass is 513 g/mol. The molecule has 0 spiro atoms. The molecule has 1 atom stereocenters. The van der Waals surface area contributed by atoms with Crippen LogP contribution in [0.2, 0.25) is 0 Å². The number of benzene rings is 3. The van der Waals surface area contributed by atoms with E-state index in [-0.39, 0.29) is 17.9 Å². The van der Waals surface area contributed by atoms with Crippen LogP contribution in [0.5, 0.6) is 0 Å². The second kappa shape index (κ2) is 10.6. The van der Waals surface area contributed by atoms with Crippen LogP contribution in [-0.2, 0) is 35.2 Å². The van der Waals surface area contributed by atoms with Gasteiger partial charge in [0.15, 0.2) is 0 Å². The average molecular weight is 514 g/mol. The average Bonchev–Trinajstić information content (AvgIpc) is 2.85. The van der Waals surface area contributed by atoms with Crippen LogP contribution in [0.25, 0.3) is 0 Å². The van der Waals surface area contributed by atoms with Crippen molar-refractivity contribution < 1.29 is 27.2 Å². The first-order valence-electron chi connectivity index (χ1n) is 11.9. The molecule has 3 aromatic carbocycles. The molecule has 1 aliphatic heterocycles. The third-order valence-corrected chi connectivity index (χ3v) is 6.42. The molecule has 5 nitrogen and oxygen atoms in total. The Hall–Kier alpha value is -3.88. The van der Waals surface area contributed by atoms with Crippen LogP contribution in [0.4, 0.5) is 28.9 Å². The summed E-state index contributed by atoms with van der Waals surface area (Å²) < 4.78 is 52.3. The molecule has 1 unspecified atom stereocenters. The standard InChI is InChI=1S/C28H27F4N3O2/c1-17-8-10-20-16-35(27(37)18(2)33-21-6-4-3-5-7-21)13-12-22(20)26(17)34-25(36)15-19-9-11-23(24(29)14-19)28(30,31)32/h3-11,14,18,33H,12-13,15-16H2,1-2H3,(H,34,36). The lowest BCUT2D eigenvalue weighted by Gasteiger charge is -2.33. The maximum Gasteiger partial charge on any atom is 0.419 e. The van der Waals surface area contributed by atoms with Gasteiger partial charge in [0.25, 0.3) is 0 Å². The molecule has 1 aliphatic rings. The number of aryl methyl sites for hydroxylation is 1. The molecule has 1 heterocycles. The first kappa shape index (κ1) is 26.2. The van der Waals surface area contributed by atoms with Gasteiger partial charge in [-0.2, -0.15) is 13.2 Å². The Bertz CT molecular complexity index is 1310. The van der Waals surface area contributed by atoms with Crippen LogP contribution in [0.1, 0.15) is 34.7 Å². The Morgan fingerprint density at radius 2 is 1.78 bits per heavy atom. The predicted molar refractivity (Wildman–Crippen MR) is 134 cm³/mol. The molecule has 194 valence electrons. The predicted octanol–water partition coefficient (Wildman–Crippen LogP) is 5.72. The lowest BCUT2D eigenvalue weighted by molar-refractivity contribution is -0.140. The van der Waals surface area contributed by atoms with E-state index in [4.69, 9.17) is 0 Å². The number of halogens is 4. The molecule has 0 fully saturated rings. The van der Waals surface area contributed by atoms with E-state index in [2.05, 4.69) is 10.6 Å². The Morgan fingerprint density at radius 3 is 2.46 bits per heavy atom. The number of nitrogens with zero attached hydrogens (tertiary/aromatic N) is 1. The molecule has 0 saturated carbocycles. The van der Waals surface area contributed by atoms with Crippen molar-refractivity contribution in [1.82, 2.24) is 4.90 Å². The fraction of sp³-hybridized carbons (Fsp3) is 0.286. The highest BCUT2D eigenvalue weighted by Gasteiger charge is 2.34. The van der Waals surface area contributed by atoms with Gasteiger partial charge in [-0.25, -0.2) is 4.39 Å². The molecule has 9 heteroatoms. The molecule has 0 bridgehead atoms. The summed E-state index contributed by atoms with van der Waals surface area (Å²) in [6.07, 6.45) is -4.54. The molecule has 2 amide bonds. The van der Waals surface area contributed by atoms with Crippen molar-refractivity contribution in [1.29, 1.82) is 0 Å². The van der Waals surface area contributed by atoms with Gasteiger partial charge in [-0.1, -0.05) is 36.4 Å². The number of hydrogen-bond acceptors (Lipinski definition) is 3. The van der Waals surface area contributed by atoms with E-state index in [9.17, 15) is 27.2 Å². The van der Waals surface area contributed by atoms with Crippen LogP contribution in [0.15, 0.2) is 60.7 Å². The maximum absolute atomic E-state index is 13.9. The number of fused-ring (bicyclic) bond motifs is 1. The normalized spacial score (nSPS) is 14.1. The van der Waals surface area contributed by atoms with E-state index in [0.29, 0.717) is 31.3 Å². The molecule has 4 rings (SSSR count). The first-order chi connectivity index (χ1) is 17.5. The summed E-state index contributed by atoms with van der Waals surface area (Å²) in [6, 6.07) is 15.3. The second-order valence-corrected chi connectivity index (χ2v) is 9.17. The van der Waals surface area contributed by atoms with Crippen molar-refractivity contribution >= 4 is 23.2 Å². The Morgan fingerprint density at radius 1 is 1.05 bits per heavy atom. The van der Waals surface area contributed by atoms with E-state index in [0.717, 1.165) is 34.5 Å². The smallest absolute Gasteiger partial charge is 0.374 e. The largest absolute Gasteiger partial charge is 0.419 e. The fourth-order valence-electron chi connectivity index (χ4n) is 4.52. The van der Waals surface area contributed by atoms with Gasteiger partial charge in [0.2, 0.25) is 11.8 Å². The summed E-state index contributed by atoms with van der Waals surface area (Å²) in [5.74, 6) is -1.91. The molecule has 0 aromatic heterocycles. The molecule has 2 N–H and O–H groups in total. The topological polar surface area (TPSA) is 61.4 Å². The summed E-state index contributed by atoms with van der Waals surface area (Å²) in [6.45, 7) is 4.53. The minimum absolute atomic E-state index is 0.0370. The van der Waals surface area contributed by atoms with Crippen LogP contribution in [-0.4, -0.2) is 29.3 Å². The Labute approximate surface area is 212 Å². The number of nitrogens with one attached hydrogen (secondary N) is 2. The molecular formula is C28H27F4N3O2. The molecule has 3 aromatic rings. The van der Waals surface area contributed by atoms with E-state index in [1.165, 1.54) is 0 Å². The zero-order chi connectivity index (χ0) is 26.7. The summed E-state index contributed by atoms with van der Waals surface area (Å²) in [5.41, 5.74) is 2.91.